The highest BCUT2D eigenvalue weighted by Gasteiger charge is 2.39. The lowest BCUT2D eigenvalue weighted by Gasteiger charge is -2.35. The van der Waals surface area contributed by atoms with Crippen LogP contribution in [-0.2, 0) is 14.4 Å². The van der Waals surface area contributed by atoms with Gasteiger partial charge in [-0.15, -0.1) is 11.8 Å². The van der Waals surface area contributed by atoms with Crippen molar-refractivity contribution in [3.63, 3.8) is 0 Å². The first kappa shape index (κ1) is 30.5. The van der Waals surface area contributed by atoms with Crippen LogP contribution in [0.1, 0.15) is 34.4 Å². The van der Waals surface area contributed by atoms with Crippen LogP contribution in [0.4, 0.5) is 14.6 Å². The second-order valence-corrected chi connectivity index (χ2v) is 12.5. The predicted octanol–water partition coefficient (Wildman–Crippen LogP) is 5.29. The maximum Gasteiger partial charge on any atom is 0.242 e. The second-order valence-electron chi connectivity index (χ2n) is 11.4. The molecule has 232 valence electrons. The molecule has 45 heavy (non-hydrogen) atoms. The first-order valence-electron chi connectivity index (χ1n) is 14.8. The minimum absolute atomic E-state index is 0.0390. The van der Waals surface area contributed by atoms with Crippen molar-refractivity contribution in [2.45, 2.75) is 26.0 Å². The zero-order chi connectivity index (χ0) is 31.8. The number of carbonyl (C=O) groups excluding carboxylic acids is 3. The molecule has 1 atom stereocenters. The van der Waals surface area contributed by atoms with Crippen molar-refractivity contribution in [3.05, 3.63) is 101 Å². The highest BCUT2D eigenvalue weighted by Crippen LogP contribution is 2.49. The minimum atomic E-state index is -0.725. The fourth-order valence-corrected chi connectivity index (χ4v) is 7.22. The molecule has 11 heteroatoms. The van der Waals surface area contributed by atoms with Gasteiger partial charge in [-0.2, -0.15) is 5.10 Å². The summed E-state index contributed by atoms with van der Waals surface area (Å²) in [6.07, 6.45) is 0. The van der Waals surface area contributed by atoms with E-state index < -0.39 is 16.9 Å². The van der Waals surface area contributed by atoms with Crippen molar-refractivity contribution in [1.29, 1.82) is 0 Å². The quantitative estimate of drug-likeness (QED) is 0.300. The number of fused-ring (bicyclic) bond motifs is 1. The molecule has 2 aliphatic rings. The number of rotatable bonds is 5. The Bertz CT molecular complexity index is 1790. The van der Waals surface area contributed by atoms with Gasteiger partial charge in [0.1, 0.15) is 24.0 Å². The van der Waals surface area contributed by atoms with Gasteiger partial charge in [0, 0.05) is 55.9 Å². The average molecular weight is 630 g/mol. The van der Waals surface area contributed by atoms with Crippen LogP contribution < -0.4 is 4.90 Å². The Kier molecular flexibility index (Phi) is 8.46. The maximum atomic E-state index is 15.5. The van der Waals surface area contributed by atoms with Crippen molar-refractivity contribution in [2.75, 3.05) is 43.4 Å². The lowest BCUT2D eigenvalue weighted by molar-refractivity contribution is -0.137. The summed E-state index contributed by atoms with van der Waals surface area (Å²) in [4.78, 5) is 44.5. The summed E-state index contributed by atoms with van der Waals surface area (Å²) in [5.41, 5.74) is 4.75. The van der Waals surface area contributed by atoms with E-state index in [2.05, 4.69) is 0 Å². The molecule has 8 nitrogen and oxygen atoms in total. The molecule has 0 N–H and O–H groups in total. The Morgan fingerprint density at radius 3 is 2.31 bits per heavy atom. The number of halogens is 2. The van der Waals surface area contributed by atoms with E-state index in [1.54, 1.807) is 14.5 Å². The fourth-order valence-electron chi connectivity index (χ4n) is 6.01. The maximum absolute atomic E-state index is 15.5. The van der Waals surface area contributed by atoms with E-state index in [0.717, 1.165) is 22.8 Å². The summed E-state index contributed by atoms with van der Waals surface area (Å²) in [6, 6.07) is 18.8. The summed E-state index contributed by atoms with van der Waals surface area (Å²) in [5, 5.41) is 4.34. The number of nitrogens with zero attached hydrogens (tertiary/aromatic N) is 5. The Labute approximate surface area is 264 Å². The van der Waals surface area contributed by atoms with Gasteiger partial charge in [-0.25, -0.2) is 13.5 Å². The SMILES string of the molecule is CC(=O)N1CCN(C(=O)CN2C(=O)CS[C@@H](c3ccc(F)cc3F)c3c(-c4ccccc4)nn(-c4ccc(C)cc4C)c32)CC1. The van der Waals surface area contributed by atoms with Crippen LogP contribution >= 0.6 is 11.8 Å². The molecule has 1 fully saturated rings. The largest absolute Gasteiger partial charge is 0.339 e. The van der Waals surface area contributed by atoms with Gasteiger partial charge < -0.3 is 9.80 Å². The van der Waals surface area contributed by atoms with Crippen molar-refractivity contribution in [1.82, 2.24) is 19.6 Å². The third-order valence-corrected chi connectivity index (χ3v) is 9.57. The van der Waals surface area contributed by atoms with E-state index in [1.165, 1.54) is 35.7 Å². The highest BCUT2D eigenvalue weighted by atomic mass is 32.2. The van der Waals surface area contributed by atoms with E-state index in [9.17, 15) is 18.8 Å². The Morgan fingerprint density at radius 2 is 1.64 bits per heavy atom. The van der Waals surface area contributed by atoms with Crippen molar-refractivity contribution >= 4 is 35.3 Å². The molecule has 0 bridgehead atoms. The average Bonchev–Trinajstić information content (AvgIpc) is 3.34. The topological polar surface area (TPSA) is 78.8 Å². The van der Waals surface area contributed by atoms with Gasteiger partial charge in [-0.1, -0.05) is 54.1 Å². The minimum Gasteiger partial charge on any atom is -0.339 e. The second kappa shape index (κ2) is 12.5. The van der Waals surface area contributed by atoms with Crippen LogP contribution in [0.25, 0.3) is 16.9 Å². The Balaban J connectivity index is 1.55. The summed E-state index contributed by atoms with van der Waals surface area (Å²) in [6.45, 7) is 6.74. The number of hydrogen-bond acceptors (Lipinski definition) is 5. The molecule has 0 radical (unpaired) electrons. The summed E-state index contributed by atoms with van der Waals surface area (Å²) in [5.74, 6) is -1.72. The van der Waals surface area contributed by atoms with Crippen LogP contribution in [0, 0.1) is 25.5 Å². The smallest absolute Gasteiger partial charge is 0.242 e. The van der Waals surface area contributed by atoms with Crippen LogP contribution in [0.15, 0.2) is 66.7 Å². The number of thioether (sulfide) groups is 1. The fraction of sp³-hybridized carbons (Fsp3) is 0.294. The van der Waals surface area contributed by atoms with Gasteiger partial charge >= 0.3 is 0 Å². The molecule has 3 heterocycles. The number of aromatic nitrogens is 2. The normalized spacial score (nSPS) is 16.9. The molecule has 0 saturated carbocycles. The van der Waals surface area contributed by atoms with E-state index in [4.69, 9.17) is 5.10 Å². The van der Waals surface area contributed by atoms with Crippen molar-refractivity contribution in [3.8, 4) is 16.9 Å². The zero-order valence-electron chi connectivity index (χ0n) is 25.3. The molecule has 0 aliphatic carbocycles. The van der Waals surface area contributed by atoms with Gasteiger partial charge in [-0.3, -0.25) is 19.3 Å². The van der Waals surface area contributed by atoms with Crippen molar-refractivity contribution < 1.29 is 23.2 Å². The molecule has 2 aliphatic heterocycles. The number of piperazine rings is 1. The molecular formula is C34H33F2N5O3S. The Morgan fingerprint density at radius 1 is 0.933 bits per heavy atom. The van der Waals surface area contributed by atoms with E-state index >= 15 is 4.39 Å². The third kappa shape index (κ3) is 5.96. The standard InChI is InChI=1S/C34H33F2N5O3S/c1-21-9-12-28(22(2)17-21)41-34-31(32(37-41)24-7-5-4-6-8-24)33(26-11-10-25(35)18-27(26)36)45-20-30(44)40(34)19-29(43)39-15-13-38(14-16-39)23(3)42/h4-12,17-18,33H,13-16,19-20H2,1-3H3/t33-/m0/s1. The zero-order valence-corrected chi connectivity index (χ0v) is 26.1. The lowest BCUT2D eigenvalue weighted by atomic mass is 9.99. The van der Waals surface area contributed by atoms with Gasteiger partial charge in [0.15, 0.2) is 0 Å². The number of amides is 3. The first-order chi connectivity index (χ1) is 21.6. The van der Waals surface area contributed by atoms with E-state index in [0.29, 0.717) is 48.9 Å². The summed E-state index contributed by atoms with van der Waals surface area (Å²) in [7, 11) is 0. The summed E-state index contributed by atoms with van der Waals surface area (Å²) < 4.78 is 31.2. The number of hydrogen-bond donors (Lipinski definition) is 0. The highest BCUT2D eigenvalue weighted by molar-refractivity contribution is 8.00. The lowest BCUT2D eigenvalue weighted by Crippen LogP contribution is -2.53. The first-order valence-corrected chi connectivity index (χ1v) is 15.8. The molecular weight excluding hydrogens is 596 g/mol. The molecule has 1 saturated heterocycles. The number of aryl methyl sites for hydroxylation is 2. The van der Waals surface area contributed by atoms with Crippen LogP contribution in [0.5, 0.6) is 0 Å². The van der Waals surface area contributed by atoms with Gasteiger partial charge in [0.05, 0.1) is 22.4 Å². The van der Waals surface area contributed by atoms with Crippen molar-refractivity contribution in [2.24, 2.45) is 0 Å². The Hall–Kier alpha value is -4.51. The molecule has 0 spiro atoms. The number of anilines is 1. The van der Waals surface area contributed by atoms with Crippen LogP contribution in [0.3, 0.4) is 0 Å². The number of benzene rings is 3. The monoisotopic (exact) mass is 629 g/mol. The van der Waals surface area contributed by atoms with E-state index in [-0.39, 0.29) is 35.6 Å². The predicted molar refractivity (Wildman–Crippen MR) is 170 cm³/mol. The third-order valence-electron chi connectivity index (χ3n) is 8.33. The number of carbonyl (C=O) groups is 3. The van der Waals surface area contributed by atoms with Gasteiger partial charge in [0.25, 0.3) is 0 Å². The molecule has 3 aromatic carbocycles. The van der Waals surface area contributed by atoms with Crippen LogP contribution in [-0.4, -0.2) is 75.8 Å². The molecule has 0 unspecified atom stereocenters. The summed E-state index contributed by atoms with van der Waals surface area (Å²) >= 11 is 1.23. The molecule has 4 aromatic rings. The van der Waals surface area contributed by atoms with E-state index in [1.807, 2.05) is 62.4 Å². The van der Waals surface area contributed by atoms with Gasteiger partial charge in [0.2, 0.25) is 17.7 Å². The molecule has 6 rings (SSSR count). The van der Waals surface area contributed by atoms with Crippen LogP contribution in [0.2, 0.25) is 0 Å². The van der Waals surface area contributed by atoms with Gasteiger partial charge in [-0.05, 0) is 31.5 Å². The molecule has 1 aromatic heterocycles. The molecule has 3 amide bonds.